The SMILES string of the molecule is CCOc1ccc(C2=Cc3ccc4c(c3OC2)C=CC(C)(C)O4)c(OC)c1. The van der Waals surface area contributed by atoms with Gasteiger partial charge in [0.1, 0.15) is 35.2 Å². The van der Waals surface area contributed by atoms with Crippen LogP contribution in [-0.2, 0) is 0 Å². The average Bonchev–Trinajstić information content (AvgIpc) is 2.66. The molecule has 0 aliphatic carbocycles. The van der Waals surface area contributed by atoms with E-state index in [-0.39, 0.29) is 5.60 Å². The molecule has 4 heteroatoms. The van der Waals surface area contributed by atoms with Crippen molar-refractivity contribution in [2.24, 2.45) is 0 Å². The molecule has 0 atom stereocenters. The van der Waals surface area contributed by atoms with Crippen molar-refractivity contribution in [3.05, 3.63) is 53.1 Å². The highest BCUT2D eigenvalue weighted by Gasteiger charge is 2.26. The number of hydrogen-bond donors (Lipinski definition) is 0. The van der Waals surface area contributed by atoms with E-state index in [4.69, 9.17) is 18.9 Å². The molecule has 0 saturated carbocycles. The summed E-state index contributed by atoms with van der Waals surface area (Å²) in [6, 6.07) is 9.96. The van der Waals surface area contributed by atoms with Crippen LogP contribution in [0.4, 0.5) is 0 Å². The van der Waals surface area contributed by atoms with Crippen LogP contribution < -0.4 is 18.9 Å². The summed E-state index contributed by atoms with van der Waals surface area (Å²) >= 11 is 0. The predicted molar refractivity (Wildman–Crippen MR) is 108 cm³/mol. The fourth-order valence-corrected chi connectivity index (χ4v) is 3.45. The Balaban J connectivity index is 1.72. The molecule has 2 aliphatic rings. The summed E-state index contributed by atoms with van der Waals surface area (Å²) in [5.41, 5.74) is 3.83. The van der Waals surface area contributed by atoms with Crippen LogP contribution in [0.2, 0.25) is 0 Å². The van der Waals surface area contributed by atoms with Crippen LogP contribution in [0.15, 0.2) is 36.4 Å². The Morgan fingerprint density at radius 2 is 2.00 bits per heavy atom. The summed E-state index contributed by atoms with van der Waals surface area (Å²) in [6.45, 7) is 7.16. The lowest BCUT2D eigenvalue weighted by atomic mass is 9.95. The molecular formula is C23H24O4. The zero-order chi connectivity index (χ0) is 19.0. The summed E-state index contributed by atoms with van der Waals surface area (Å²) in [7, 11) is 1.67. The van der Waals surface area contributed by atoms with Gasteiger partial charge < -0.3 is 18.9 Å². The molecule has 0 fully saturated rings. The second-order valence-corrected chi connectivity index (χ2v) is 7.19. The first kappa shape index (κ1) is 17.5. The van der Waals surface area contributed by atoms with Crippen molar-refractivity contribution in [1.82, 2.24) is 0 Å². The smallest absolute Gasteiger partial charge is 0.137 e. The van der Waals surface area contributed by atoms with Crippen molar-refractivity contribution in [2.75, 3.05) is 20.3 Å². The van der Waals surface area contributed by atoms with Crippen molar-refractivity contribution in [2.45, 2.75) is 26.4 Å². The van der Waals surface area contributed by atoms with Crippen LogP contribution in [0.3, 0.4) is 0 Å². The highest BCUT2D eigenvalue weighted by atomic mass is 16.5. The van der Waals surface area contributed by atoms with E-state index in [0.717, 1.165) is 45.3 Å². The largest absolute Gasteiger partial charge is 0.496 e. The summed E-state index contributed by atoms with van der Waals surface area (Å²) < 4.78 is 23.3. The molecule has 4 nitrogen and oxygen atoms in total. The van der Waals surface area contributed by atoms with E-state index in [1.54, 1.807) is 7.11 Å². The van der Waals surface area contributed by atoms with Crippen molar-refractivity contribution < 1.29 is 18.9 Å². The van der Waals surface area contributed by atoms with E-state index in [2.05, 4.69) is 18.2 Å². The fourth-order valence-electron chi connectivity index (χ4n) is 3.45. The fraction of sp³-hybridized carbons (Fsp3) is 0.304. The van der Waals surface area contributed by atoms with Crippen LogP contribution in [0, 0.1) is 0 Å². The lowest BCUT2D eigenvalue weighted by Gasteiger charge is -2.30. The zero-order valence-electron chi connectivity index (χ0n) is 16.2. The van der Waals surface area contributed by atoms with E-state index >= 15 is 0 Å². The van der Waals surface area contributed by atoms with E-state index in [1.807, 2.05) is 51.1 Å². The molecule has 2 heterocycles. The third-order valence-electron chi connectivity index (χ3n) is 4.74. The standard InChI is InChI=1S/C23H24O4/c1-5-25-17-7-8-18(21(13-17)24-4)16-12-15-6-9-20-19(22(15)26-14-16)10-11-23(2,3)27-20/h6-13H,5,14H2,1-4H3. The average molecular weight is 364 g/mol. The molecule has 2 aromatic carbocycles. The molecule has 0 saturated heterocycles. The van der Waals surface area contributed by atoms with Crippen molar-refractivity contribution in [3.8, 4) is 23.0 Å². The quantitative estimate of drug-likeness (QED) is 0.746. The number of methoxy groups -OCH3 is 1. The first-order valence-electron chi connectivity index (χ1n) is 9.20. The van der Waals surface area contributed by atoms with Gasteiger partial charge in [-0.05, 0) is 63.3 Å². The van der Waals surface area contributed by atoms with Crippen molar-refractivity contribution in [3.63, 3.8) is 0 Å². The predicted octanol–water partition coefficient (Wildman–Crippen LogP) is 5.21. The van der Waals surface area contributed by atoms with Gasteiger partial charge in [-0.25, -0.2) is 0 Å². The van der Waals surface area contributed by atoms with Gasteiger partial charge in [0.25, 0.3) is 0 Å². The minimum absolute atomic E-state index is 0.299. The Morgan fingerprint density at radius 3 is 2.78 bits per heavy atom. The van der Waals surface area contributed by atoms with Crippen LogP contribution in [-0.4, -0.2) is 25.9 Å². The Morgan fingerprint density at radius 1 is 1.15 bits per heavy atom. The first-order valence-corrected chi connectivity index (χ1v) is 9.20. The molecule has 4 rings (SSSR count). The summed E-state index contributed by atoms with van der Waals surface area (Å²) in [6.07, 6.45) is 6.31. The molecule has 0 amide bonds. The normalized spacial score (nSPS) is 16.4. The number of benzene rings is 2. The molecule has 2 aromatic rings. The molecular weight excluding hydrogens is 340 g/mol. The van der Waals surface area contributed by atoms with Crippen LogP contribution in [0.25, 0.3) is 17.7 Å². The van der Waals surface area contributed by atoms with Crippen molar-refractivity contribution in [1.29, 1.82) is 0 Å². The van der Waals surface area contributed by atoms with Gasteiger partial charge in [0.15, 0.2) is 0 Å². The Labute approximate surface area is 160 Å². The van der Waals surface area contributed by atoms with Gasteiger partial charge in [-0.3, -0.25) is 0 Å². The Kier molecular flexibility index (Phi) is 4.34. The zero-order valence-corrected chi connectivity index (χ0v) is 16.2. The maximum absolute atomic E-state index is 6.15. The van der Waals surface area contributed by atoms with Gasteiger partial charge in [0.05, 0.1) is 19.3 Å². The molecule has 0 unspecified atom stereocenters. The lowest BCUT2D eigenvalue weighted by molar-refractivity contribution is 0.158. The third-order valence-corrected chi connectivity index (χ3v) is 4.74. The molecule has 140 valence electrons. The third kappa shape index (κ3) is 3.27. The summed E-state index contributed by atoms with van der Waals surface area (Å²) in [5.74, 6) is 3.31. The maximum atomic E-state index is 6.15. The molecule has 0 bridgehead atoms. The molecule has 27 heavy (non-hydrogen) atoms. The highest BCUT2D eigenvalue weighted by molar-refractivity contribution is 5.90. The van der Waals surface area contributed by atoms with Gasteiger partial charge in [0.2, 0.25) is 0 Å². The molecule has 0 radical (unpaired) electrons. The summed E-state index contributed by atoms with van der Waals surface area (Å²) in [4.78, 5) is 0. The lowest BCUT2D eigenvalue weighted by Crippen LogP contribution is -2.27. The second-order valence-electron chi connectivity index (χ2n) is 7.19. The number of hydrogen-bond acceptors (Lipinski definition) is 4. The molecule has 2 aliphatic heterocycles. The van der Waals surface area contributed by atoms with Gasteiger partial charge in [-0.15, -0.1) is 0 Å². The Bertz CT molecular complexity index is 938. The molecule has 0 aromatic heterocycles. The van der Waals surface area contributed by atoms with Gasteiger partial charge in [0, 0.05) is 22.8 Å². The van der Waals surface area contributed by atoms with Crippen LogP contribution >= 0.6 is 0 Å². The number of ether oxygens (including phenoxy) is 4. The second kappa shape index (κ2) is 6.69. The van der Waals surface area contributed by atoms with Crippen LogP contribution in [0.1, 0.15) is 37.5 Å². The van der Waals surface area contributed by atoms with E-state index in [9.17, 15) is 0 Å². The Hall–Kier alpha value is -2.88. The number of rotatable bonds is 4. The van der Waals surface area contributed by atoms with Crippen molar-refractivity contribution >= 4 is 17.7 Å². The van der Waals surface area contributed by atoms with Crippen LogP contribution in [0.5, 0.6) is 23.0 Å². The first-order chi connectivity index (χ1) is 13.0. The molecule has 0 N–H and O–H groups in total. The van der Waals surface area contributed by atoms with E-state index in [1.165, 1.54) is 0 Å². The minimum Gasteiger partial charge on any atom is -0.496 e. The summed E-state index contributed by atoms with van der Waals surface area (Å²) in [5, 5.41) is 0. The monoisotopic (exact) mass is 364 g/mol. The topological polar surface area (TPSA) is 36.9 Å². The number of fused-ring (bicyclic) bond motifs is 3. The van der Waals surface area contributed by atoms with Gasteiger partial charge >= 0.3 is 0 Å². The van der Waals surface area contributed by atoms with Gasteiger partial charge in [-0.2, -0.15) is 0 Å². The van der Waals surface area contributed by atoms with E-state index < -0.39 is 0 Å². The van der Waals surface area contributed by atoms with E-state index in [0.29, 0.717) is 13.2 Å². The minimum atomic E-state index is -0.299. The highest BCUT2D eigenvalue weighted by Crippen LogP contribution is 2.43. The van der Waals surface area contributed by atoms with Gasteiger partial charge in [-0.1, -0.05) is 0 Å². The molecule has 0 spiro atoms. The maximum Gasteiger partial charge on any atom is 0.137 e.